The second-order valence-corrected chi connectivity index (χ2v) is 5.46. The summed E-state index contributed by atoms with van der Waals surface area (Å²) in [5, 5.41) is 0. The number of benzene rings is 1. The molecule has 1 N–H and O–H groups in total. The van der Waals surface area contributed by atoms with Crippen LogP contribution in [0, 0.1) is 6.92 Å². The summed E-state index contributed by atoms with van der Waals surface area (Å²) < 4.78 is 31.4. The lowest BCUT2D eigenvalue weighted by Gasteiger charge is -2.07. The van der Waals surface area contributed by atoms with Crippen molar-refractivity contribution in [1.29, 1.82) is 0 Å². The summed E-state index contributed by atoms with van der Waals surface area (Å²) in [6.45, 7) is 2.00. The first-order valence-corrected chi connectivity index (χ1v) is 6.64. The topological polar surface area (TPSA) is 59.3 Å². The average molecular weight is 251 g/mol. The van der Waals surface area contributed by atoms with Gasteiger partial charge in [-0.2, -0.15) is 0 Å². The van der Waals surface area contributed by atoms with E-state index < -0.39 is 10.0 Å². The SMILES string of the molecule is Cc1ccccc1S(=O)(=O)NCc1ccoc1. The van der Waals surface area contributed by atoms with Crippen LogP contribution < -0.4 is 4.72 Å². The molecule has 2 rings (SSSR count). The summed E-state index contributed by atoms with van der Waals surface area (Å²) in [6, 6.07) is 8.60. The molecule has 0 saturated heterocycles. The van der Waals surface area contributed by atoms with Crippen molar-refractivity contribution in [2.75, 3.05) is 0 Å². The Morgan fingerprint density at radius 2 is 2.00 bits per heavy atom. The Morgan fingerprint density at radius 1 is 1.24 bits per heavy atom. The van der Waals surface area contributed by atoms with Gasteiger partial charge in [0.15, 0.2) is 0 Å². The number of nitrogens with one attached hydrogen (secondary N) is 1. The molecule has 1 aromatic heterocycles. The molecular formula is C12H13NO3S. The molecule has 0 fully saturated rings. The summed E-state index contributed by atoms with van der Waals surface area (Å²) in [5.41, 5.74) is 1.52. The second kappa shape index (κ2) is 4.73. The lowest BCUT2D eigenvalue weighted by Crippen LogP contribution is -2.23. The summed E-state index contributed by atoms with van der Waals surface area (Å²) in [4.78, 5) is 0.309. The van der Waals surface area contributed by atoms with Crippen LogP contribution in [0.4, 0.5) is 0 Å². The van der Waals surface area contributed by atoms with Crippen LogP contribution in [-0.2, 0) is 16.6 Å². The molecule has 1 heterocycles. The van der Waals surface area contributed by atoms with E-state index in [-0.39, 0.29) is 6.54 Å². The second-order valence-electron chi connectivity index (χ2n) is 3.72. The third kappa shape index (κ3) is 2.75. The molecule has 17 heavy (non-hydrogen) atoms. The fourth-order valence-electron chi connectivity index (χ4n) is 1.51. The van der Waals surface area contributed by atoms with Gasteiger partial charge in [-0.3, -0.25) is 0 Å². The quantitative estimate of drug-likeness (QED) is 0.905. The first-order chi connectivity index (χ1) is 8.09. The molecule has 0 spiro atoms. The van der Waals surface area contributed by atoms with Gasteiger partial charge in [0, 0.05) is 12.1 Å². The predicted octanol–water partition coefficient (Wildman–Crippen LogP) is 2.07. The zero-order valence-corrected chi connectivity index (χ0v) is 10.2. The molecule has 0 aliphatic rings. The zero-order chi connectivity index (χ0) is 12.3. The lowest BCUT2D eigenvalue weighted by molar-refractivity contribution is 0.561. The molecule has 90 valence electrons. The summed E-state index contributed by atoms with van der Waals surface area (Å²) in [6.07, 6.45) is 3.03. The number of furan rings is 1. The first-order valence-electron chi connectivity index (χ1n) is 5.16. The van der Waals surface area contributed by atoms with E-state index in [0.29, 0.717) is 4.90 Å². The molecule has 0 aliphatic carbocycles. The highest BCUT2D eigenvalue weighted by Crippen LogP contribution is 2.14. The monoisotopic (exact) mass is 251 g/mol. The summed E-state index contributed by atoms with van der Waals surface area (Å²) in [7, 11) is -3.46. The fraction of sp³-hybridized carbons (Fsp3) is 0.167. The van der Waals surface area contributed by atoms with Crippen LogP contribution in [0.15, 0.2) is 52.2 Å². The molecule has 0 atom stereocenters. The van der Waals surface area contributed by atoms with E-state index in [2.05, 4.69) is 4.72 Å². The predicted molar refractivity (Wildman–Crippen MR) is 63.9 cm³/mol. The Morgan fingerprint density at radius 3 is 2.65 bits per heavy atom. The molecule has 0 aliphatic heterocycles. The van der Waals surface area contributed by atoms with Crippen LogP contribution in [0.1, 0.15) is 11.1 Å². The van der Waals surface area contributed by atoms with E-state index in [1.807, 2.05) is 6.07 Å². The van der Waals surface area contributed by atoms with Gasteiger partial charge >= 0.3 is 0 Å². The van der Waals surface area contributed by atoms with Crippen molar-refractivity contribution < 1.29 is 12.8 Å². The smallest absolute Gasteiger partial charge is 0.241 e. The number of hydrogen-bond donors (Lipinski definition) is 1. The average Bonchev–Trinajstić information content (AvgIpc) is 2.80. The van der Waals surface area contributed by atoms with Crippen LogP contribution in [0.5, 0.6) is 0 Å². The highest BCUT2D eigenvalue weighted by Gasteiger charge is 2.15. The van der Waals surface area contributed by atoms with Crippen LogP contribution >= 0.6 is 0 Å². The summed E-state index contributed by atoms with van der Waals surface area (Å²) in [5.74, 6) is 0. The summed E-state index contributed by atoms with van der Waals surface area (Å²) >= 11 is 0. The molecule has 0 amide bonds. The molecule has 2 aromatic rings. The molecule has 4 nitrogen and oxygen atoms in total. The highest BCUT2D eigenvalue weighted by atomic mass is 32.2. The third-order valence-corrected chi connectivity index (χ3v) is 3.99. The minimum absolute atomic E-state index is 0.229. The minimum Gasteiger partial charge on any atom is -0.472 e. The molecule has 0 saturated carbocycles. The zero-order valence-electron chi connectivity index (χ0n) is 9.38. The number of aryl methyl sites for hydroxylation is 1. The Hall–Kier alpha value is -1.59. The normalized spacial score (nSPS) is 11.6. The van der Waals surface area contributed by atoms with Gasteiger partial charge in [-0.15, -0.1) is 0 Å². The number of sulfonamides is 1. The lowest BCUT2D eigenvalue weighted by atomic mass is 10.2. The van der Waals surface area contributed by atoms with Gasteiger partial charge in [-0.05, 0) is 24.6 Å². The van der Waals surface area contributed by atoms with Crippen LogP contribution in [-0.4, -0.2) is 8.42 Å². The maximum absolute atomic E-state index is 12.0. The third-order valence-electron chi connectivity index (χ3n) is 2.43. The van der Waals surface area contributed by atoms with Gasteiger partial charge in [0.05, 0.1) is 17.4 Å². The van der Waals surface area contributed by atoms with Crippen molar-refractivity contribution in [2.45, 2.75) is 18.4 Å². The minimum atomic E-state index is -3.46. The maximum atomic E-state index is 12.0. The van der Waals surface area contributed by atoms with Crippen LogP contribution in [0.2, 0.25) is 0 Å². The van der Waals surface area contributed by atoms with Gasteiger partial charge in [0.25, 0.3) is 0 Å². The van der Waals surface area contributed by atoms with E-state index in [9.17, 15) is 8.42 Å². The van der Waals surface area contributed by atoms with Crippen molar-refractivity contribution in [1.82, 2.24) is 4.72 Å². The van der Waals surface area contributed by atoms with Crippen molar-refractivity contribution in [3.8, 4) is 0 Å². The fourth-order valence-corrected chi connectivity index (χ4v) is 2.77. The van der Waals surface area contributed by atoms with Crippen LogP contribution in [0.25, 0.3) is 0 Å². The number of hydrogen-bond acceptors (Lipinski definition) is 3. The Labute approximate surface area is 100 Å². The van der Waals surface area contributed by atoms with E-state index in [4.69, 9.17) is 4.42 Å². The van der Waals surface area contributed by atoms with Crippen LogP contribution in [0.3, 0.4) is 0 Å². The molecule has 5 heteroatoms. The van der Waals surface area contributed by atoms with Gasteiger partial charge in [0.1, 0.15) is 0 Å². The maximum Gasteiger partial charge on any atom is 0.241 e. The van der Waals surface area contributed by atoms with E-state index >= 15 is 0 Å². The molecule has 0 bridgehead atoms. The molecular weight excluding hydrogens is 238 g/mol. The number of rotatable bonds is 4. The Kier molecular flexibility index (Phi) is 3.31. The highest BCUT2D eigenvalue weighted by molar-refractivity contribution is 7.89. The van der Waals surface area contributed by atoms with Crippen molar-refractivity contribution in [3.63, 3.8) is 0 Å². The molecule has 0 unspecified atom stereocenters. The molecule has 1 aromatic carbocycles. The van der Waals surface area contributed by atoms with Crippen molar-refractivity contribution >= 4 is 10.0 Å². The standard InChI is InChI=1S/C12H13NO3S/c1-10-4-2-3-5-12(10)17(14,15)13-8-11-6-7-16-9-11/h2-7,9,13H,8H2,1H3. The largest absolute Gasteiger partial charge is 0.472 e. The molecule has 0 radical (unpaired) electrons. The van der Waals surface area contributed by atoms with Gasteiger partial charge in [-0.25, -0.2) is 13.1 Å². The van der Waals surface area contributed by atoms with Crippen molar-refractivity contribution in [3.05, 3.63) is 54.0 Å². The van der Waals surface area contributed by atoms with E-state index in [1.54, 1.807) is 31.2 Å². The van der Waals surface area contributed by atoms with E-state index in [0.717, 1.165) is 11.1 Å². The van der Waals surface area contributed by atoms with Gasteiger partial charge in [0.2, 0.25) is 10.0 Å². The van der Waals surface area contributed by atoms with Gasteiger partial charge in [-0.1, -0.05) is 18.2 Å². The first kappa shape index (κ1) is 11.9. The Balaban J connectivity index is 2.17. The Bertz CT molecular complexity index is 588. The van der Waals surface area contributed by atoms with E-state index in [1.165, 1.54) is 12.5 Å². The van der Waals surface area contributed by atoms with Gasteiger partial charge < -0.3 is 4.42 Å². The van der Waals surface area contributed by atoms with Crippen molar-refractivity contribution in [2.24, 2.45) is 0 Å².